The molecule has 22 heavy (non-hydrogen) atoms. The van der Waals surface area contributed by atoms with Crippen molar-refractivity contribution in [3.63, 3.8) is 0 Å². The molecule has 2 nitrogen and oxygen atoms in total. The molecule has 2 atom stereocenters. The Kier molecular flexibility index (Phi) is 3.33. The summed E-state index contributed by atoms with van der Waals surface area (Å²) in [5.41, 5.74) is 4.78. The van der Waals surface area contributed by atoms with Crippen LogP contribution >= 0.6 is 0 Å². The van der Waals surface area contributed by atoms with E-state index in [1.165, 1.54) is 48.3 Å². The van der Waals surface area contributed by atoms with E-state index in [9.17, 15) is 0 Å². The maximum absolute atomic E-state index is 6.28. The quantitative estimate of drug-likeness (QED) is 0.583. The van der Waals surface area contributed by atoms with Crippen LogP contribution < -0.4 is 0 Å². The summed E-state index contributed by atoms with van der Waals surface area (Å²) in [6.07, 6.45) is 7.28. The minimum Gasteiger partial charge on any atom is -0.442 e. The van der Waals surface area contributed by atoms with E-state index in [0.717, 1.165) is 11.6 Å². The molecule has 0 spiro atoms. The second kappa shape index (κ2) is 5.35. The summed E-state index contributed by atoms with van der Waals surface area (Å²) in [7, 11) is 0. The molecule has 114 valence electrons. The average molecular weight is 293 g/mol. The topological polar surface area (TPSA) is 17.6 Å². The van der Waals surface area contributed by atoms with Crippen LogP contribution in [0.15, 0.2) is 47.0 Å². The summed E-state index contributed by atoms with van der Waals surface area (Å²) in [5, 5.41) is 0. The largest absolute Gasteiger partial charge is 0.442 e. The van der Waals surface area contributed by atoms with Gasteiger partial charge in [-0.2, -0.15) is 0 Å². The smallest absolute Gasteiger partial charge is 0.204 e. The zero-order chi connectivity index (χ0) is 15.1. The Hall–Kier alpha value is -1.96. The van der Waals surface area contributed by atoms with Crippen LogP contribution in [-0.2, 0) is 0 Å². The summed E-state index contributed by atoms with van der Waals surface area (Å²) in [5.74, 6) is 2.54. The van der Waals surface area contributed by atoms with Crippen molar-refractivity contribution in [3.8, 4) is 11.3 Å². The van der Waals surface area contributed by atoms with Crippen LogP contribution in [0.4, 0.5) is 0 Å². The SMILES string of the molecule is Cc1cccc(-c2c(C3CCCC(C)C3)oc3cccn23)c1. The normalized spacial score (nSPS) is 22.3. The number of rotatable bonds is 2. The molecule has 4 rings (SSSR count). The number of aromatic nitrogens is 1. The van der Waals surface area contributed by atoms with E-state index in [0.29, 0.717) is 5.92 Å². The van der Waals surface area contributed by atoms with Crippen molar-refractivity contribution in [2.45, 2.75) is 45.4 Å². The number of hydrogen-bond donors (Lipinski definition) is 0. The lowest BCUT2D eigenvalue weighted by Crippen LogP contribution is -2.12. The lowest BCUT2D eigenvalue weighted by atomic mass is 9.80. The Morgan fingerprint density at radius 1 is 1.14 bits per heavy atom. The summed E-state index contributed by atoms with van der Waals surface area (Å²) in [4.78, 5) is 0. The predicted molar refractivity (Wildman–Crippen MR) is 90.2 cm³/mol. The van der Waals surface area contributed by atoms with E-state index < -0.39 is 0 Å². The molecule has 0 radical (unpaired) electrons. The van der Waals surface area contributed by atoms with Gasteiger partial charge in [0, 0.05) is 23.7 Å². The number of fused-ring (bicyclic) bond motifs is 1. The lowest BCUT2D eigenvalue weighted by Gasteiger charge is -2.25. The Morgan fingerprint density at radius 3 is 2.86 bits per heavy atom. The van der Waals surface area contributed by atoms with Crippen LogP contribution in [0, 0.1) is 12.8 Å². The molecule has 2 heteroatoms. The van der Waals surface area contributed by atoms with E-state index in [4.69, 9.17) is 4.42 Å². The van der Waals surface area contributed by atoms with E-state index in [1.54, 1.807) is 0 Å². The van der Waals surface area contributed by atoms with Crippen LogP contribution in [0.5, 0.6) is 0 Å². The van der Waals surface area contributed by atoms with E-state index in [2.05, 4.69) is 60.8 Å². The summed E-state index contributed by atoms with van der Waals surface area (Å²) in [6, 6.07) is 12.9. The van der Waals surface area contributed by atoms with Crippen LogP contribution in [0.25, 0.3) is 17.0 Å². The first-order chi connectivity index (χ1) is 10.7. The minimum absolute atomic E-state index is 0.555. The highest BCUT2D eigenvalue weighted by atomic mass is 16.4. The first-order valence-electron chi connectivity index (χ1n) is 8.39. The number of nitrogens with zero attached hydrogens (tertiary/aromatic N) is 1. The molecule has 2 heterocycles. The molecular formula is C20H23NO. The van der Waals surface area contributed by atoms with Gasteiger partial charge >= 0.3 is 0 Å². The van der Waals surface area contributed by atoms with Crippen LogP contribution in [0.3, 0.4) is 0 Å². The standard InChI is InChI=1S/C20H23NO/c1-14-6-3-8-16(12-14)19-20(17-9-4-7-15(2)13-17)22-18-10-5-11-21(18)19/h3,5-6,8,10-12,15,17H,4,7,9,13H2,1-2H3. The molecule has 3 aromatic rings. The van der Waals surface area contributed by atoms with Crippen molar-refractivity contribution in [1.82, 2.24) is 4.40 Å². The van der Waals surface area contributed by atoms with Crippen molar-refractivity contribution in [1.29, 1.82) is 0 Å². The molecule has 1 aliphatic rings. The van der Waals surface area contributed by atoms with Crippen molar-refractivity contribution in [3.05, 3.63) is 53.9 Å². The van der Waals surface area contributed by atoms with Gasteiger partial charge < -0.3 is 4.42 Å². The third-order valence-corrected chi connectivity index (χ3v) is 5.00. The van der Waals surface area contributed by atoms with E-state index >= 15 is 0 Å². The lowest BCUT2D eigenvalue weighted by molar-refractivity contribution is 0.314. The van der Waals surface area contributed by atoms with Gasteiger partial charge in [0.25, 0.3) is 0 Å². The third kappa shape index (κ3) is 2.27. The fraction of sp³-hybridized carbons (Fsp3) is 0.400. The van der Waals surface area contributed by atoms with E-state index in [1.807, 2.05) is 0 Å². The monoisotopic (exact) mass is 293 g/mol. The molecular weight excluding hydrogens is 270 g/mol. The highest BCUT2D eigenvalue weighted by Crippen LogP contribution is 2.41. The molecule has 1 saturated carbocycles. The molecule has 2 unspecified atom stereocenters. The molecule has 0 amide bonds. The highest BCUT2D eigenvalue weighted by molar-refractivity contribution is 5.67. The molecule has 1 aliphatic carbocycles. The summed E-state index contributed by atoms with van der Waals surface area (Å²) >= 11 is 0. The van der Waals surface area contributed by atoms with Crippen molar-refractivity contribution in [2.75, 3.05) is 0 Å². The molecule has 0 saturated heterocycles. The van der Waals surface area contributed by atoms with Gasteiger partial charge in [0.1, 0.15) is 5.76 Å². The van der Waals surface area contributed by atoms with Gasteiger partial charge in [0.15, 0.2) is 0 Å². The molecule has 0 bridgehead atoms. The fourth-order valence-electron chi connectivity index (χ4n) is 3.94. The fourth-order valence-corrected chi connectivity index (χ4v) is 3.94. The molecule has 0 N–H and O–H groups in total. The third-order valence-electron chi connectivity index (χ3n) is 5.00. The zero-order valence-electron chi connectivity index (χ0n) is 13.4. The van der Waals surface area contributed by atoms with Gasteiger partial charge in [-0.25, -0.2) is 0 Å². The summed E-state index contributed by atoms with van der Waals surface area (Å²) < 4.78 is 8.50. The number of oxazole rings is 1. The second-order valence-electron chi connectivity index (χ2n) is 6.87. The maximum atomic E-state index is 6.28. The predicted octanol–water partition coefficient (Wildman–Crippen LogP) is 5.80. The zero-order valence-corrected chi connectivity index (χ0v) is 13.4. The number of aryl methyl sites for hydroxylation is 1. The minimum atomic E-state index is 0.555. The Labute approximate surface area is 131 Å². The second-order valence-corrected chi connectivity index (χ2v) is 6.87. The van der Waals surface area contributed by atoms with Gasteiger partial charge in [-0.15, -0.1) is 0 Å². The molecule has 2 aromatic heterocycles. The van der Waals surface area contributed by atoms with Gasteiger partial charge in [-0.3, -0.25) is 4.40 Å². The first kappa shape index (κ1) is 13.7. The van der Waals surface area contributed by atoms with Crippen molar-refractivity contribution in [2.24, 2.45) is 5.92 Å². The number of hydrogen-bond acceptors (Lipinski definition) is 1. The first-order valence-corrected chi connectivity index (χ1v) is 8.39. The summed E-state index contributed by atoms with van der Waals surface area (Å²) in [6.45, 7) is 4.52. The van der Waals surface area contributed by atoms with Crippen LogP contribution in [0.2, 0.25) is 0 Å². The van der Waals surface area contributed by atoms with Crippen LogP contribution in [-0.4, -0.2) is 4.40 Å². The van der Waals surface area contributed by atoms with Crippen molar-refractivity contribution >= 4 is 5.71 Å². The van der Waals surface area contributed by atoms with Crippen molar-refractivity contribution < 1.29 is 4.42 Å². The Bertz CT molecular complexity index is 795. The van der Waals surface area contributed by atoms with Gasteiger partial charge in [-0.05, 0) is 37.8 Å². The van der Waals surface area contributed by atoms with E-state index in [-0.39, 0.29) is 0 Å². The average Bonchev–Trinajstić information content (AvgIpc) is 3.07. The Balaban J connectivity index is 1.87. The molecule has 0 aliphatic heterocycles. The maximum Gasteiger partial charge on any atom is 0.204 e. The highest BCUT2D eigenvalue weighted by Gasteiger charge is 2.27. The number of benzene rings is 1. The van der Waals surface area contributed by atoms with Gasteiger partial charge in [0.2, 0.25) is 5.71 Å². The van der Waals surface area contributed by atoms with Gasteiger partial charge in [-0.1, -0.05) is 43.5 Å². The molecule has 1 fully saturated rings. The van der Waals surface area contributed by atoms with Gasteiger partial charge in [0.05, 0.1) is 5.69 Å². The van der Waals surface area contributed by atoms with Crippen LogP contribution in [0.1, 0.15) is 49.8 Å². The Morgan fingerprint density at radius 2 is 2.05 bits per heavy atom. The molecule has 1 aromatic carbocycles.